The zero-order valence-electron chi connectivity index (χ0n) is 11.7. The van der Waals surface area contributed by atoms with Gasteiger partial charge in [-0.1, -0.05) is 11.6 Å². The molecule has 0 bridgehead atoms. The number of hydrogen-bond donors (Lipinski definition) is 2. The number of carboxylic acid groups (broad SMARTS) is 1. The molecule has 1 amide bonds. The number of carbonyl (C=O) groups excluding carboxylic acids is 1. The fraction of sp³-hybridized carbons (Fsp3) is 0.429. The molecule has 0 spiro atoms. The van der Waals surface area contributed by atoms with Gasteiger partial charge in [-0.2, -0.15) is 0 Å². The molecule has 0 saturated carbocycles. The average Bonchev–Trinajstić information content (AvgIpc) is 2.39. The fourth-order valence-electron chi connectivity index (χ4n) is 1.59. The van der Waals surface area contributed by atoms with Crippen molar-refractivity contribution in [2.75, 3.05) is 0 Å². The number of aliphatic carboxylic acids is 1. The Morgan fingerprint density at radius 3 is 2.67 bits per heavy atom. The third-order valence-corrected chi connectivity index (χ3v) is 3.04. The second-order valence-corrected chi connectivity index (χ2v) is 5.08. The van der Waals surface area contributed by atoms with Gasteiger partial charge in [-0.3, -0.25) is 9.59 Å². The summed E-state index contributed by atoms with van der Waals surface area (Å²) in [7, 11) is 0. The molecular weight excluding hydrogens is 301 g/mol. The summed E-state index contributed by atoms with van der Waals surface area (Å²) in [4.78, 5) is 22.3. The van der Waals surface area contributed by atoms with E-state index in [0.717, 1.165) is 6.07 Å². The zero-order valence-corrected chi connectivity index (χ0v) is 12.5. The maximum atomic E-state index is 12.9. The Balaban J connectivity index is 2.52. The number of hydrogen-bond acceptors (Lipinski definition) is 3. The van der Waals surface area contributed by atoms with Crippen molar-refractivity contribution in [3.8, 4) is 5.75 Å². The van der Waals surface area contributed by atoms with E-state index in [1.54, 1.807) is 6.92 Å². The minimum absolute atomic E-state index is 0.0273. The van der Waals surface area contributed by atoms with Crippen LogP contribution in [-0.4, -0.2) is 29.1 Å². The van der Waals surface area contributed by atoms with Gasteiger partial charge in [0, 0.05) is 12.5 Å². The Morgan fingerprint density at radius 2 is 2.10 bits per heavy atom. The maximum absolute atomic E-state index is 12.9. The van der Waals surface area contributed by atoms with Gasteiger partial charge in [0.15, 0.2) is 6.10 Å². The lowest BCUT2D eigenvalue weighted by molar-refractivity contribution is -0.137. The van der Waals surface area contributed by atoms with Gasteiger partial charge in [0.1, 0.15) is 11.6 Å². The molecule has 5 nitrogen and oxygen atoms in total. The first kappa shape index (κ1) is 17.2. The van der Waals surface area contributed by atoms with Crippen molar-refractivity contribution < 1.29 is 23.8 Å². The maximum Gasteiger partial charge on any atom is 0.303 e. The molecule has 0 aliphatic carbocycles. The lowest BCUT2D eigenvalue weighted by atomic mass is 10.2. The predicted octanol–water partition coefficient (Wildman–Crippen LogP) is 2.62. The van der Waals surface area contributed by atoms with Crippen molar-refractivity contribution in [1.82, 2.24) is 5.32 Å². The minimum Gasteiger partial charge on any atom is -0.481 e. The normalized spacial score (nSPS) is 13.3. The Morgan fingerprint density at radius 1 is 1.43 bits per heavy atom. The summed E-state index contributed by atoms with van der Waals surface area (Å²) in [6.45, 7) is 3.23. The third-order valence-electron chi connectivity index (χ3n) is 2.75. The van der Waals surface area contributed by atoms with E-state index in [4.69, 9.17) is 21.4 Å². The summed E-state index contributed by atoms with van der Waals surface area (Å²) < 4.78 is 18.3. The first-order chi connectivity index (χ1) is 9.79. The van der Waals surface area contributed by atoms with Crippen LogP contribution in [0.25, 0.3) is 0 Å². The SMILES string of the molecule is CC(CCC(=O)O)NC(=O)C(C)Oc1ccc(F)cc1Cl. The molecule has 0 heterocycles. The van der Waals surface area contributed by atoms with Crippen LogP contribution in [0.3, 0.4) is 0 Å². The van der Waals surface area contributed by atoms with Gasteiger partial charge in [-0.15, -0.1) is 0 Å². The Bertz CT molecular complexity index is 524. The summed E-state index contributed by atoms with van der Waals surface area (Å²) in [6, 6.07) is 3.33. The Hall–Kier alpha value is -1.82. The summed E-state index contributed by atoms with van der Waals surface area (Å²) >= 11 is 5.81. The van der Waals surface area contributed by atoms with Crippen LogP contribution >= 0.6 is 11.6 Å². The number of ether oxygens (including phenoxy) is 1. The van der Waals surface area contributed by atoms with Crippen molar-refractivity contribution in [2.24, 2.45) is 0 Å². The summed E-state index contributed by atoms with van der Waals surface area (Å²) in [5.74, 6) is -1.60. The lowest BCUT2D eigenvalue weighted by Crippen LogP contribution is -2.41. The molecule has 21 heavy (non-hydrogen) atoms. The van der Waals surface area contributed by atoms with Crippen LogP contribution in [0.4, 0.5) is 4.39 Å². The molecule has 0 radical (unpaired) electrons. The van der Waals surface area contributed by atoms with Crippen LogP contribution in [0.5, 0.6) is 5.75 Å². The van der Waals surface area contributed by atoms with Gasteiger partial charge >= 0.3 is 5.97 Å². The van der Waals surface area contributed by atoms with E-state index in [9.17, 15) is 14.0 Å². The van der Waals surface area contributed by atoms with E-state index >= 15 is 0 Å². The second-order valence-electron chi connectivity index (χ2n) is 4.68. The van der Waals surface area contributed by atoms with Gasteiger partial charge in [0.05, 0.1) is 5.02 Å². The van der Waals surface area contributed by atoms with Crippen LogP contribution in [0.2, 0.25) is 5.02 Å². The number of halogens is 2. The fourth-order valence-corrected chi connectivity index (χ4v) is 1.80. The molecule has 0 fully saturated rings. The number of carbonyl (C=O) groups is 2. The van der Waals surface area contributed by atoms with Crippen LogP contribution in [0, 0.1) is 5.82 Å². The largest absolute Gasteiger partial charge is 0.481 e. The molecule has 0 saturated heterocycles. The molecule has 0 aromatic heterocycles. The molecule has 1 aromatic rings. The quantitative estimate of drug-likeness (QED) is 0.810. The molecule has 1 aromatic carbocycles. The molecule has 2 unspecified atom stereocenters. The number of amides is 1. The Kier molecular flexibility index (Phi) is 6.42. The second kappa shape index (κ2) is 7.83. The highest BCUT2D eigenvalue weighted by molar-refractivity contribution is 6.32. The highest BCUT2D eigenvalue weighted by Crippen LogP contribution is 2.25. The molecular formula is C14H17ClFNO4. The lowest BCUT2D eigenvalue weighted by Gasteiger charge is -2.18. The van der Waals surface area contributed by atoms with Crippen LogP contribution in [0.1, 0.15) is 26.7 Å². The smallest absolute Gasteiger partial charge is 0.303 e. The number of nitrogens with one attached hydrogen (secondary N) is 1. The van der Waals surface area contributed by atoms with Crippen LogP contribution in [-0.2, 0) is 9.59 Å². The van der Waals surface area contributed by atoms with Gasteiger partial charge < -0.3 is 15.2 Å². The van der Waals surface area contributed by atoms with E-state index in [0.29, 0.717) is 6.42 Å². The predicted molar refractivity (Wildman–Crippen MR) is 76.0 cm³/mol. The first-order valence-electron chi connectivity index (χ1n) is 6.43. The molecule has 0 aliphatic heterocycles. The molecule has 1 rings (SSSR count). The van der Waals surface area contributed by atoms with Crippen molar-refractivity contribution in [3.05, 3.63) is 29.0 Å². The standard InChI is InChI=1S/C14H17ClFNO4/c1-8(3-6-13(18)19)17-14(20)9(2)21-12-5-4-10(16)7-11(12)15/h4-5,7-9H,3,6H2,1-2H3,(H,17,20)(H,18,19). The summed E-state index contributed by atoms with van der Waals surface area (Å²) in [5, 5.41) is 11.3. The van der Waals surface area contributed by atoms with Gasteiger partial charge in [-0.05, 0) is 38.5 Å². The van der Waals surface area contributed by atoms with E-state index in [1.165, 1.54) is 19.1 Å². The molecule has 2 N–H and O–H groups in total. The van der Waals surface area contributed by atoms with E-state index < -0.39 is 23.8 Å². The molecule has 116 valence electrons. The van der Waals surface area contributed by atoms with Crippen LogP contribution in [0.15, 0.2) is 18.2 Å². The third kappa shape index (κ3) is 5.99. The number of carboxylic acids is 1. The highest BCUT2D eigenvalue weighted by Gasteiger charge is 2.18. The minimum atomic E-state index is -0.918. The molecule has 0 aliphatic rings. The average molecular weight is 318 g/mol. The number of benzene rings is 1. The van der Waals surface area contributed by atoms with Gasteiger partial charge in [0.2, 0.25) is 0 Å². The van der Waals surface area contributed by atoms with Crippen LogP contribution < -0.4 is 10.1 Å². The topological polar surface area (TPSA) is 75.6 Å². The zero-order chi connectivity index (χ0) is 16.0. The molecule has 2 atom stereocenters. The molecule has 7 heteroatoms. The van der Waals surface area contributed by atoms with Crippen molar-refractivity contribution in [2.45, 2.75) is 38.8 Å². The van der Waals surface area contributed by atoms with E-state index in [-0.39, 0.29) is 23.2 Å². The highest BCUT2D eigenvalue weighted by atomic mass is 35.5. The van der Waals surface area contributed by atoms with Gasteiger partial charge in [0.25, 0.3) is 5.91 Å². The van der Waals surface area contributed by atoms with E-state index in [2.05, 4.69) is 5.32 Å². The van der Waals surface area contributed by atoms with E-state index in [1.807, 2.05) is 0 Å². The van der Waals surface area contributed by atoms with Crippen molar-refractivity contribution in [1.29, 1.82) is 0 Å². The van der Waals surface area contributed by atoms with Crippen molar-refractivity contribution in [3.63, 3.8) is 0 Å². The Labute approximate surface area is 127 Å². The monoisotopic (exact) mass is 317 g/mol. The number of rotatable bonds is 7. The van der Waals surface area contributed by atoms with Crippen molar-refractivity contribution >= 4 is 23.5 Å². The summed E-state index contributed by atoms with van der Waals surface area (Å²) in [6.07, 6.45) is -0.536. The summed E-state index contributed by atoms with van der Waals surface area (Å²) in [5.41, 5.74) is 0. The van der Waals surface area contributed by atoms with Gasteiger partial charge in [-0.25, -0.2) is 4.39 Å². The first-order valence-corrected chi connectivity index (χ1v) is 6.81.